The molecule has 3 unspecified atom stereocenters. The first kappa shape index (κ1) is 14.9. The second-order valence-electron chi connectivity index (χ2n) is 6.36. The molecule has 3 heteroatoms. The lowest BCUT2D eigenvalue weighted by atomic mass is 9.84. The fraction of sp³-hybridized carbons (Fsp3) is 0.667. The van der Waals surface area contributed by atoms with Crippen LogP contribution in [-0.2, 0) is 0 Å². The van der Waals surface area contributed by atoms with Gasteiger partial charge in [-0.3, -0.25) is 4.90 Å². The summed E-state index contributed by atoms with van der Waals surface area (Å²) in [7, 11) is 0. The van der Waals surface area contributed by atoms with Crippen molar-refractivity contribution >= 4 is 0 Å². The summed E-state index contributed by atoms with van der Waals surface area (Å²) in [5.74, 6) is 1.90. The third-order valence-electron chi connectivity index (χ3n) is 5.25. The fourth-order valence-corrected chi connectivity index (χ4v) is 4.31. The Morgan fingerprint density at radius 3 is 2.86 bits per heavy atom. The van der Waals surface area contributed by atoms with Crippen LogP contribution in [0.1, 0.15) is 50.6 Å². The molecule has 3 rings (SSSR count). The molecule has 3 atom stereocenters. The lowest BCUT2D eigenvalue weighted by Gasteiger charge is -2.37. The molecule has 1 aliphatic carbocycles. The summed E-state index contributed by atoms with van der Waals surface area (Å²) in [6, 6.07) is 9.47. The highest BCUT2D eigenvalue weighted by Gasteiger charge is 2.39. The Morgan fingerprint density at radius 1 is 1.24 bits per heavy atom. The Labute approximate surface area is 128 Å². The topological polar surface area (TPSA) is 38.5 Å². The molecule has 1 aliphatic heterocycles. The molecule has 1 aromatic carbocycles. The van der Waals surface area contributed by atoms with Gasteiger partial charge in [-0.2, -0.15) is 0 Å². The van der Waals surface area contributed by atoms with Crippen molar-refractivity contribution in [3.05, 3.63) is 29.8 Å². The predicted molar refractivity (Wildman–Crippen MR) is 86.5 cm³/mol. The lowest BCUT2D eigenvalue weighted by molar-refractivity contribution is 0.133. The van der Waals surface area contributed by atoms with Crippen LogP contribution in [0, 0.1) is 5.92 Å². The zero-order valence-corrected chi connectivity index (χ0v) is 13.1. The van der Waals surface area contributed by atoms with Crippen LogP contribution in [0.5, 0.6) is 5.75 Å². The highest BCUT2D eigenvalue weighted by atomic mass is 16.5. The second-order valence-corrected chi connectivity index (χ2v) is 6.36. The number of para-hydroxylation sites is 1. The Balaban J connectivity index is 1.85. The van der Waals surface area contributed by atoms with Gasteiger partial charge in [0.2, 0.25) is 0 Å². The van der Waals surface area contributed by atoms with Gasteiger partial charge >= 0.3 is 0 Å². The van der Waals surface area contributed by atoms with Gasteiger partial charge in [0.05, 0.1) is 12.6 Å². The Hall–Kier alpha value is -1.06. The van der Waals surface area contributed by atoms with Crippen LogP contribution < -0.4 is 10.5 Å². The minimum atomic E-state index is 0.306. The molecule has 0 bridgehead atoms. The van der Waals surface area contributed by atoms with Crippen LogP contribution in [0.3, 0.4) is 0 Å². The Bertz CT molecular complexity index is 462. The van der Waals surface area contributed by atoms with Crippen LogP contribution in [0.2, 0.25) is 0 Å². The van der Waals surface area contributed by atoms with Crippen molar-refractivity contribution in [2.75, 3.05) is 19.7 Å². The maximum Gasteiger partial charge on any atom is 0.124 e. The summed E-state index contributed by atoms with van der Waals surface area (Å²) in [6.45, 7) is 4.62. The highest BCUT2D eigenvalue weighted by Crippen LogP contribution is 2.41. The number of rotatable bonds is 5. The Morgan fingerprint density at radius 2 is 2.05 bits per heavy atom. The van der Waals surface area contributed by atoms with E-state index < -0.39 is 0 Å². The van der Waals surface area contributed by atoms with Crippen molar-refractivity contribution in [2.45, 2.75) is 51.1 Å². The quantitative estimate of drug-likeness (QED) is 0.903. The number of likely N-dealkylation sites (tertiary alicyclic amines) is 1. The molecule has 2 aliphatic rings. The van der Waals surface area contributed by atoms with Crippen LogP contribution in [-0.4, -0.2) is 30.6 Å². The molecular formula is C18H28N2O. The van der Waals surface area contributed by atoms with Gasteiger partial charge in [0, 0.05) is 18.2 Å². The number of nitrogens with two attached hydrogens (primary N) is 1. The fourth-order valence-electron chi connectivity index (χ4n) is 4.31. The molecule has 1 saturated heterocycles. The van der Waals surface area contributed by atoms with Gasteiger partial charge in [0.15, 0.2) is 0 Å². The highest BCUT2D eigenvalue weighted by molar-refractivity contribution is 5.36. The summed E-state index contributed by atoms with van der Waals surface area (Å²) in [4.78, 5) is 2.67. The first-order valence-corrected chi connectivity index (χ1v) is 8.52. The van der Waals surface area contributed by atoms with Crippen LogP contribution in [0.15, 0.2) is 24.3 Å². The molecule has 21 heavy (non-hydrogen) atoms. The van der Waals surface area contributed by atoms with Crippen molar-refractivity contribution in [3.63, 3.8) is 0 Å². The van der Waals surface area contributed by atoms with E-state index >= 15 is 0 Å². The summed E-state index contributed by atoms with van der Waals surface area (Å²) in [6.07, 6.45) is 6.89. The summed E-state index contributed by atoms with van der Waals surface area (Å²) >= 11 is 0. The average Bonchev–Trinajstić information content (AvgIpc) is 2.94. The number of hydrogen-bond donors (Lipinski definition) is 1. The molecule has 1 heterocycles. The molecule has 2 N–H and O–H groups in total. The largest absolute Gasteiger partial charge is 0.494 e. The first-order valence-electron chi connectivity index (χ1n) is 8.52. The van der Waals surface area contributed by atoms with Gasteiger partial charge in [-0.25, -0.2) is 0 Å². The Kier molecular flexibility index (Phi) is 4.81. The third kappa shape index (κ3) is 2.95. The molecule has 3 nitrogen and oxygen atoms in total. The molecule has 2 fully saturated rings. The number of nitrogens with zero attached hydrogens (tertiary/aromatic N) is 1. The average molecular weight is 288 g/mol. The monoisotopic (exact) mass is 288 g/mol. The van der Waals surface area contributed by atoms with Crippen molar-refractivity contribution in [3.8, 4) is 5.75 Å². The van der Waals surface area contributed by atoms with Crippen molar-refractivity contribution in [2.24, 2.45) is 11.7 Å². The van der Waals surface area contributed by atoms with Crippen LogP contribution in [0.4, 0.5) is 0 Å². The van der Waals surface area contributed by atoms with E-state index in [1.165, 1.54) is 44.2 Å². The van der Waals surface area contributed by atoms with Gasteiger partial charge in [-0.05, 0) is 44.7 Å². The van der Waals surface area contributed by atoms with E-state index in [2.05, 4.69) is 29.2 Å². The number of hydrogen-bond acceptors (Lipinski definition) is 3. The molecule has 0 radical (unpaired) electrons. The smallest absolute Gasteiger partial charge is 0.124 e. The van der Waals surface area contributed by atoms with Crippen molar-refractivity contribution in [1.29, 1.82) is 0 Å². The zero-order valence-electron chi connectivity index (χ0n) is 13.1. The van der Waals surface area contributed by atoms with E-state index in [0.29, 0.717) is 19.2 Å². The standard InChI is InChI=1S/C18H28N2O/c1-2-21-18-10-6-4-8-15(18)17(13-19)20-12-11-14-7-3-5-9-16(14)20/h4,6,8,10,14,16-17H,2-3,5,7,9,11-13,19H2,1H3. The van der Waals surface area contributed by atoms with Crippen molar-refractivity contribution in [1.82, 2.24) is 4.90 Å². The lowest BCUT2D eigenvalue weighted by Crippen LogP contribution is -2.40. The maximum absolute atomic E-state index is 6.17. The number of fused-ring (bicyclic) bond motifs is 1. The van der Waals surface area contributed by atoms with Gasteiger partial charge in [-0.15, -0.1) is 0 Å². The molecule has 0 spiro atoms. The van der Waals surface area contributed by atoms with E-state index in [-0.39, 0.29) is 0 Å². The third-order valence-corrected chi connectivity index (χ3v) is 5.25. The minimum absolute atomic E-state index is 0.306. The second kappa shape index (κ2) is 6.80. The number of benzene rings is 1. The normalized spacial score (nSPS) is 27.3. The molecule has 0 amide bonds. The van der Waals surface area contributed by atoms with E-state index in [1.807, 2.05) is 6.92 Å². The van der Waals surface area contributed by atoms with Gasteiger partial charge in [-0.1, -0.05) is 31.0 Å². The predicted octanol–water partition coefficient (Wildman–Crippen LogP) is 3.35. The summed E-state index contributed by atoms with van der Waals surface area (Å²) in [5, 5.41) is 0. The minimum Gasteiger partial charge on any atom is -0.494 e. The zero-order chi connectivity index (χ0) is 14.7. The van der Waals surface area contributed by atoms with E-state index in [4.69, 9.17) is 10.5 Å². The first-order chi connectivity index (χ1) is 10.3. The molecule has 1 saturated carbocycles. The molecule has 0 aromatic heterocycles. The molecule has 1 aromatic rings. The van der Waals surface area contributed by atoms with Gasteiger partial charge in [0.25, 0.3) is 0 Å². The SMILES string of the molecule is CCOc1ccccc1C(CN)N1CCC2CCCCC21. The van der Waals surface area contributed by atoms with Crippen LogP contribution >= 0.6 is 0 Å². The molecule has 116 valence electrons. The van der Waals surface area contributed by atoms with Crippen molar-refractivity contribution < 1.29 is 4.74 Å². The number of ether oxygens (including phenoxy) is 1. The molecular weight excluding hydrogens is 260 g/mol. The van der Waals surface area contributed by atoms with Gasteiger partial charge in [0.1, 0.15) is 5.75 Å². The van der Waals surface area contributed by atoms with E-state index in [0.717, 1.165) is 17.7 Å². The van der Waals surface area contributed by atoms with E-state index in [1.54, 1.807) is 0 Å². The summed E-state index contributed by atoms with van der Waals surface area (Å²) < 4.78 is 5.83. The van der Waals surface area contributed by atoms with Crippen LogP contribution in [0.25, 0.3) is 0 Å². The van der Waals surface area contributed by atoms with Gasteiger partial charge < -0.3 is 10.5 Å². The maximum atomic E-state index is 6.17. The van der Waals surface area contributed by atoms with E-state index in [9.17, 15) is 0 Å². The summed E-state index contributed by atoms with van der Waals surface area (Å²) in [5.41, 5.74) is 7.45.